The molecule has 0 atom stereocenters. The minimum Gasteiger partial charge on any atom is -0.309 e. The quantitative estimate of drug-likeness (QED) is 0.804. The third-order valence-corrected chi connectivity index (χ3v) is 3.35. The van der Waals surface area contributed by atoms with Crippen LogP contribution in [0.25, 0.3) is 11.3 Å². The Labute approximate surface area is 107 Å². The van der Waals surface area contributed by atoms with Crippen LogP contribution in [0.4, 0.5) is 0 Å². The van der Waals surface area contributed by atoms with Crippen LogP contribution in [0.2, 0.25) is 0 Å². The van der Waals surface area contributed by atoms with Crippen LogP contribution in [0, 0.1) is 0 Å². The first-order valence-electron chi connectivity index (χ1n) is 5.89. The summed E-state index contributed by atoms with van der Waals surface area (Å²) in [7, 11) is 4.21. The highest BCUT2D eigenvalue weighted by Gasteiger charge is 2.01. The molecule has 0 bridgehead atoms. The molecular formula is C14H18N2S. The van der Waals surface area contributed by atoms with E-state index < -0.39 is 0 Å². The van der Waals surface area contributed by atoms with Crippen molar-refractivity contribution in [3.63, 3.8) is 0 Å². The SMILES string of the molecule is CN(C)CCCc1cccc(-c2ccsc2)n1. The second kappa shape index (κ2) is 5.94. The minimum absolute atomic E-state index is 1.05. The van der Waals surface area contributed by atoms with E-state index in [4.69, 9.17) is 4.98 Å². The molecule has 2 aromatic rings. The van der Waals surface area contributed by atoms with Crippen molar-refractivity contribution in [3.8, 4) is 11.3 Å². The van der Waals surface area contributed by atoms with Crippen LogP contribution in [0.15, 0.2) is 35.0 Å². The molecule has 2 heterocycles. The van der Waals surface area contributed by atoms with Gasteiger partial charge in [-0.05, 0) is 57.1 Å². The van der Waals surface area contributed by atoms with Crippen LogP contribution in [-0.4, -0.2) is 30.5 Å². The van der Waals surface area contributed by atoms with Crippen molar-refractivity contribution in [2.45, 2.75) is 12.8 Å². The first-order chi connectivity index (χ1) is 8.25. The average molecular weight is 246 g/mol. The summed E-state index contributed by atoms with van der Waals surface area (Å²) < 4.78 is 0. The van der Waals surface area contributed by atoms with Crippen molar-refractivity contribution in [2.24, 2.45) is 0 Å². The molecule has 0 saturated carbocycles. The first kappa shape index (κ1) is 12.3. The Morgan fingerprint density at radius 1 is 1.24 bits per heavy atom. The molecule has 2 nitrogen and oxygen atoms in total. The molecule has 0 spiro atoms. The van der Waals surface area contributed by atoms with E-state index in [1.807, 2.05) is 0 Å². The number of aryl methyl sites for hydroxylation is 1. The van der Waals surface area contributed by atoms with E-state index in [1.54, 1.807) is 11.3 Å². The summed E-state index contributed by atoms with van der Waals surface area (Å²) in [6.07, 6.45) is 2.21. The fourth-order valence-corrected chi connectivity index (χ4v) is 2.42. The van der Waals surface area contributed by atoms with Gasteiger partial charge in [-0.15, -0.1) is 0 Å². The third kappa shape index (κ3) is 3.65. The Kier molecular flexibility index (Phi) is 4.29. The van der Waals surface area contributed by atoms with Crippen LogP contribution in [-0.2, 0) is 6.42 Å². The number of nitrogens with zero attached hydrogens (tertiary/aromatic N) is 2. The van der Waals surface area contributed by atoms with Gasteiger partial charge in [0.15, 0.2) is 0 Å². The van der Waals surface area contributed by atoms with Crippen LogP contribution >= 0.6 is 11.3 Å². The van der Waals surface area contributed by atoms with E-state index in [0.717, 1.165) is 25.1 Å². The molecule has 90 valence electrons. The van der Waals surface area contributed by atoms with E-state index in [-0.39, 0.29) is 0 Å². The van der Waals surface area contributed by atoms with Gasteiger partial charge in [-0.1, -0.05) is 6.07 Å². The molecule has 0 aromatic carbocycles. The summed E-state index contributed by atoms with van der Waals surface area (Å²) in [5.74, 6) is 0. The molecule has 2 aromatic heterocycles. The van der Waals surface area contributed by atoms with Gasteiger partial charge in [0, 0.05) is 16.6 Å². The molecule has 0 saturated heterocycles. The standard InChI is InChI=1S/C14H18N2S/c1-16(2)9-4-6-13-5-3-7-14(15-13)12-8-10-17-11-12/h3,5,7-8,10-11H,4,6,9H2,1-2H3. The molecule has 0 aliphatic heterocycles. The number of thiophene rings is 1. The Hall–Kier alpha value is -1.19. The maximum atomic E-state index is 4.70. The molecule has 0 aliphatic rings. The fourth-order valence-electron chi connectivity index (χ4n) is 1.77. The van der Waals surface area contributed by atoms with Crippen molar-refractivity contribution < 1.29 is 0 Å². The molecule has 0 radical (unpaired) electrons. The van der Waals surface area contributed by atoms with Gasteiger partial charge in [0.1, 0.15) is 0 Å². The summed E-state index contributed by atoms with van der Waals surface area (Å²) >= 11 is 1.72. The average Bonchev–Trinajstić information content (AvgIpc) is 2.82. The molecule has 0 N–H and O–H groups in total. The molecule has 0 unspecified atom stereocenters. The predicted molar refractivity (Wildman–Crippen MR) is 74.4 cm³/mol. The first-order valence-corrected chi connectivity index (χ1v) is 6.83. The normalized spacial score (nSPS) is 11.0. The Morgan fingerprint density at radius 3 is 2.82 bits per heavy atom. The highest BCUT2D eigenvalue weighted by Crippen LogP contribution is 2.20. The van der Waals surface area contributed by atoms with Crippen molar-refractivity contribution >= 4 is 11.3 Å². The molecule has 17 heavy (non-hydrogen) atoms. The summed E-state index contributed by atoms with van der Waals surface area (Å²) in [6, 6.07) is 8.42. The maximum absolute atomic E-state index is 4.70. The van der Waals surface area contributed by atoms with Gasteiger partial charge in [-0.2, -0.15) is 11.3 Å². The number of hydrogen-bond donors (Lipinski definition) is 0. The van der Waals surface area contributed by atoms with E-state index in [1.165, 1.54) is 11.3 Å². The lowest BCUT2D eigenvalue weighted by Gasteiger charge is -2.08. The highest BCUT2D eigenvalue weighted by molar-refractivity contribution is 7.08. The van der Waals surface area contributed by atoms with E-state index >= 15 is 0 Å². The van der Waals surface area contributed by atoms with Crippen molar-refractivity contribution in [1.82, 2.24) is 9.88 Å². The van der Waals surface area contributed by atoms with Crippen LogP contribution in [0.3, 0.4) is 0 Å². The van der Waals surface area contributed by atoms with Gasteiger partial charge in [0.05, 0.1) is 5.69 Å². The summed E-state index contributed by atoms with van der Waals surface area (Å²) in [5, 5.41) is 4.24. The molecule has 3 heteroatoms. The lowest BCUT2D eigenvalue weighted by molar-refractivity contribution is 0.399. The Bertz CT molecular complexity index is 449. The monoisotopic (exact) mass is 246 g/mol. The van der Waals surface area contributed by atoms with Gasteiger partial charge in [-0.3, -0.25) is 4.98 Å². The maximum Gasteiger partial charge on any atom is 0.0713 e. The summed E-state index contributed by atoms with van der Waals surface area (Å²) in [6.45, 7) is 1.12. The zero-order valence-electron chi connectivity index (χ0n) is 10.4. The largest absolute Gasteiger partial charge is 0.309 e. The zero-order valence-corrected chi connectivity index (χ0v) is 11.2. The summed E-state index contributed by atoms with van der Waals surface area (Å²) in [5.41, 5.74) is 3.51. The van der Waals surface area contributed by atoms with Crippen molar-refractivity contribution in [1.29, 1.82) is 0 Å². The molecule has 0 fully saturated rings. The Morgan fingerprint density at radius 2 is 2.12 bits per heavy atom. The fraction of sp³-hybridized carbons (Fsp3) is 0.357. The topological polar surface area (TPSA) is 16.1 Å². The van der Waals surface area contributed by atoms with Gasteiger partial charge >= 0.3 is 0 Å². The molecule has 2 rings (SSSR count). The second-order valence-electron chi connectivity index (χ2n) is 4.43. The lowest BCUT2D eigenvalue weighted by Crippen LogP contribution is -2.13. The van der Waals surface area contributed by atoms with Gasteiger partial charge in [-0.25, -0.2) is 0 Å². The molecule has 0 amide bonds. The molecular weight excluding hydrogens is 228 g/mol. The number of aromatic nitrogens is 1. The predicted octanol–water partition coefficient (Wildman–Crippen LogP) is 3.30. The Balaban J connectivity index is 2.02. The van der Waals surface area contributed by atoms with Crippen molar-refractivity contribution in [3.05, 3.63) is 40.7 Å². The van der Waals surface area contributed by atoms with Crippen molar-refractivity contribution in [2.75, 3.05) is 20.6 Å². The highest BCUT2D eigenvalue weighted by atomic mass is 32.1. The smallest absolute Gasteiger partial charge is 0.0713 e. The van der Waals surface area contributed by atoms with E-state index in [9.17, 15) is 0 Å². The number of pyridine rings is 1. The number of hydrogen-bond acceptors (Lipinski definition) is 3. The van der Waals surface area contributed by atoms with Gasteiger partial charge in [0.25, 0.3) is 0 Å². The third-order valence-electron chi connectivity index (χ3n) is 2.66. The van der Waals surface area contributed by atoms with E-state index in [0.29, 0.717) is 0 Å². The molecule has 0 aliphatic carbocycles. The summed E-state index contributed by atoms with van der Waals surface area (Å²) in [4.78, 5) is 6.91. The van der Waals surface area contributed by atoms with E-state index in [2.05, 4.69) is 54.0 Å². The van der Waals surface area contributed by atoms with Gasteiger partial charge < -0.3 is 4.90 Å². The number of rotatable bonds is 5. The second-order valence-corrected chi connectivity index (χ2v) is 5.21. The van der Waals surface area contributed by atoms with Crippen LogP contribution < -0.4 is 0 Å². The lowest BCUT2D eigenvalue weighted by atomic mass is 10.1. The van der Waals surface area contributed by atoms with Crippen LogP contribution in [0.1, 0.15) is 12.1 Å². The minimum atomic E-state index is 1.05. The zero-order chi connectivity index (χ0) is 12.1. The van der Waals surface area contributed by atoms with Gasteiger partial charge in [0.2, 0.25) is 0 Å². The van der Waals surface area contributed by atoms with Crippen LogP contribution in [0.5, 0.6) is 0 Å².